The van der Waals surface area contributed by atoms with E-state index in [2.05, 4.69) is 26.6 Å². The first-order valence-corrected chi connectivity index (χ1v) is 8.21. The fourth-order valence-corrected chi connectivity index (χ4v) is 2.70. The standard InChI is InChI=1S/C16H14ClF2N5O4/c1-22-13-12(14(26)23(2)15(22)27)24(8-20-13)7-11(25)21-9-3-5-10(6-4-9)28-16(17,18)19/h3-6,8H,7H2,1-2H3,(H,21,25). The normalized spacial score (nSPS) is 11.6. The lowest BCUT2D eigenvalue weighted by molar-refractivity contribution is -0.116. The first kappa shape index (κ1) is 19.5. The number of ether oxygens (including phenoxy) is 1. The van der Waals surface area contributed by atoms with Crippen LogP contribution in [0.3, 0.4) is 0 Å². The summed E-state index contributed by atoms with van der Waals surface area (Å²) in [5.74, 6) is -0.672. The molecule has 1 N–H and O–H groups in total. The summed E-state index contributed by atoms with van der Waals surface area (Å²) in [5, 5.41) is 2.55. The Labute approximate surface area is 160 Å². The number of anilines is 1. The number of aryl methyl sites for hydroxylation is 1. The largest absolute Gasteiger partial charge is 0.487 e. The van der Waals surface area contributed by atoms with E-state index in [1.54, 1.807) is 0 Å². The van der Waals surface area contributed by atoms with E-state index in [4.69, 9.17) is 0 Å². The van der Waals surface area contributed by atoms with Gasteiger partial charge < -0.3 is 14.6 Å². The monoisotopic (exact) mass is 413 g/mol. The molecule has 148 valence electrons. The van der Waals surface area contributed by atoms with Gasteiger partial charge in [-0.05, 0) is 24.3 Å². The minimum atomic E-state index is -3.83. The summed E-state index contributed by atoms with van der Waals surface area (Å²) < 4.78 is 32.8. The number of fused-ring (bicyclic) bond motifs is 1. The number of amides is 1. The van der Waals surface area contributed by atoms with Crippen molar-refractivity contribution in [3.05, 3.63) is 51.4 Å². The van der Waals surface area contributed by atoms with Gasteiger partial charge in [0.05, 0.1) is 6.33 Å². The van der Waals surface area contributed by atoms with Gasteiger partial charge in [0.15, 0.2) is 11.2 Å². The van der Waals surface area contributed by atoms with Gasteiger partial charge in [-0.1, -0.05) is 0 Å². The number of carbonyl (C=O) groups excluding carboxylic acids is 1. The maximum absolute atomic E-state index is 12.6. The zero-order valence-corrected chi connectivity index (χ0v) is 15.4. The lowest BCUT2D eigenvalue weighted by Gasteiger charge is -2.11. The molecule has 2 heterocycles. The van der Waals surface area contributed by atoms with Gasteiger partial charge in [0, 0.05) is 31.4 Å². The maximum atomic E-state index is 12.6. The molecule has 12 heteroatoms. The van der Waals surface area contributed by atoms with Crippen molar-refractivity contribution >= 4 is 34.4 Å². The van der Waals surface area contributed by atoms with E-state index in [0.29, 0.717) is 5.69 Å². The van der Waals surface area contributed by atoms with Gasteiger partial charge in [-0.25, -0.2) is 9.78 Å². The second kappa shape index (κ2) is 7.08. The number of rotatable bonds is 5. The van der Waals surface area contributed by atoms with Crippen LogP contribution in [-0.2, 0) is 25.4 Å². The number of nitrogens with zero attached hydrogens (tertiary/aromatic N) is 4. The first-order chi connectivity index (χ1) is 13.1. The molecule has 0 unspecified atom stereocenters. The Morgan fingerprint density at radius 1 is 1.21 bits per heavy atom. The summed E-state index contributed by atoms with van der Waals surface area (Å²) in [5.41, 5.74) is -4.36. The van der Waals surface area contributed by atoms with Crippen molar-refractivity contribution < 1.29 is 18.3 Å². The van der Waals surface area contributed by atoms with Crippen molar-refractivity contribution in [2.24, 2.45) is 14.1 Å². The van der Waals surface area contributed by atoms with Gasteiger partial charge in [0.1, 0.15) is 12.3 Å². The molecular weight excluding hydrogens is 400 g/mol. The molecular formula is C16H14ClF2N5O4. The van der Waals surface area contributed by atoms with Crippen LogP contribution < -0.4 is 21.3 Å². The number of imidazole rings is 1. The molecule has 1 aromatic carbocycles. The molecule has 3 aromatic rings. The van der Waals surface area contributed by atoms with Crippen LogP contribution in [0.5, 0.6) is 5.75 Å². The number of alkyl halides is 3. The first-order valence-electron chi connectivity index (χ1n) is 7.83. The van der Waals surface area contributed by atoms with Gasteiger partial charge in [-0.15, -0.1) is 8.78 Å². The summed E-state index contributed by atoms with van der Waals surface area (Å²) >= 11 is 4.68. The Morgan fingerprint density at radius 2 is 1.86 bits per heavy atom. The molecule has 0 aliphatic rings. The summed E-state index contributed by atoms with van der Waals surface area (Å²) in [6.45, 7) is -0.248. The van der Waals surface area contributed by atoms with Crippen LogP contribution in [0.15, 0.2) is 40.2 Å². The molecule has 0 saturated heterocycles. The van der Waals surface area contributed by atoms with E-state index in [1.807, 2.05) is 0 Å². The molecule has 1 amide bonds. The highest BCUT2D eigenvalue weighted by molar-refractivity contribution is 6.20. The Bertz CT molecular complexity index is 1160. The second-order valence-corrected chi connectivity index (χ2v) is 6.31. The van der Waals surface area contributed by atoms with Crippen LogP contribution in [0.1, 0.15) is 0 Å². The Balaban J connectivity index is 1.79. The summed E-state index contributed by atoms with van der Waals surface area (Å²) in [6.07, 6.45) is 1.28. The highest BCUT2D eigenvalue weighted by Crippen LogP contribution is 2.25. The molecule has 0 bridgehead atoms. The van der Waals surface area contributed by atoms with E-state index in [9.17, 15) is 23.2 Å². The van der Waals surface area contributed by atoms with E-state index in [-0.39, 0.29) is 23.5 Å². The lowest BCUT2D eigenvalue weighted by Crippen LogP contribution is -2.37. The Hall–Kier alpha value is -3.21. The Morgan fingerprint density at radius 3 is 2.46 bits per heavy atom. The fraction of sp³-hybridized carbons (Fsp3) is 0.250. The van der Waals surface area contributed by atoms with Crippen molar-refractivity contribution in [3.63, 3.8) is 0 Å². The van der Waals surface area contributed by atoms with Gasteiger partial charge >= 0.3 is 11.3 Å². The Kier molecular flexibility index (Phi) is 4.94. The third kappa shape index (κ3) is 3.88. The quantitative estimate of drug-likeness (QED) is 0.634. The van der Waals surface area contributed by atoms with Crippen molar-refractivity contribution in [1.82, 2.24) is 18.7 Å². The summed E-state index contributed by atoms with van der Waals surface area (Å²) in [4.78, 5) is 40.6. The van der Waals surface area contributed by atoms with Gasteiger partial charge in [-0.3, -0.25) is 18.7 Å². The molecule has 0 fully saturated rings. The lowest BCUT2D eigenvalue weighted by atomic mass is 10.3. The van der Waals surface area contributed by atoms with Gasteiger partial charge in [0.25, 0.3) is 5.56 Å². The third-order valence-electron chi connectivity index (χ3n) is 3.90. The highest BCUT2D eigenvalue weighted by Gasteiger charge is 2.27. The highest BCUT2D eigenvalue weighted by atomic mass is 35.5. The molecule has 3 rings (SSSR count). The number of aromatic nitrogens is 4. The third-order valence-corrected chi connectivity index (χ3v) is 3.98. The number of nitrogens with one attached hydrogen (secondary N) is 1. The van der Waals surface area contributed by atoms with Crippen molar-refractivity contribution in [2.45, 2.75) is 12.1 Å². The number of carbonyl (C=O) groups is 1. The van der Waals surface area contributed by atoms with Crippen LogP contribution in [0.25, 0.3) is 11.2 Å². The van der Waals surface area contributed by atoms with Crippen LogP contribution in [0.4, 0.5) is 14.5 Å². The van der Waals surface area contributed by atoms with E-state index in [0.717, 1.165) is 4.57 Å². The smallest absolute Gasteiger partial charge is 0.420 e. The molecule has 0 aliphatic heterocycles. The second-order valence-electron chi connectivity index (χ2n) is 5.87. The fourth-order valence-electron chi connectivity index (χ4n) is 2.61. The van der Waals surface area contributed by atoms with Crippen LogP contribution in [0.2, 0.25) is 0 Å². The number of hydrogen-bond donors (Lipinski definition) is 1. The molecule has 0 aliphatic carbocycles. The SMILES string of the molecule is Cn1c(=O)c2c(ncn2CC(=O)Nc2ccc(OC(F)(F)Cl)cc2)n(C)c1=O. The van der Waals surface area contributed by atoms with Crippen LogP contribution in [0, 0.1) is 0 Å². The summed E-state index contributed by atoms with van der Waals surface area (Å²) in [6, 6.07) is 5.13. The number of hydrogen-bond acceptors (Lipinski definition) is 5. The van der Waals surface area contributed by atoms with Gasteiger partial charge in [0.2, 0.25) is 5.91 Å². The molecule has 0 saturated carbocycles. The molecule has 0 radical (unpaired) electrons. The van der Waals surface area contributed by atoms with Gasteiger partial charge in [-0.2, -0.15) is 0 Å². The van der Waals surface area contributed by atoms with E-state index in [1.165, 1.54) is 53.8 Å². The number of benzene rings is 1. The van der Waals surface area contributed by atoms with Crippen molar-refractivity contribution in [2.75, 3.05) is 5.32 Å². The maximum Gasteiger partial charge on any atom is 0.487 e. The average Bonchev–Trinajstić information content (AvgIpc) is 3.02. The minimum absolute atomic E-state index is 0.104. The molecule has 2 aromatic heterocycles. The van der Waals surface area contributed by atoms with Crippen molar-refractivity contribution in [1.29, 1.82) is 0 Å². The molecule has 0 atom stereocenters. The van der Waals surface area contributed by atoms with E-state index < -0.39 is 22.7 Å². The molecule has 0 spiro atoms. The summed E-state index contributed by atoms with van der Waals surface area (Å²) in [7, 11) is 2.80. The van der Waals surface area contributed by atoms with Crippen LogP contribution in [-0.4, -0.2) is 30.2 Å². The van der Waals surface area contributed by atoms with Crippen LogP contribution >= 0.6 is 11.6 Å². The molecule has 9 nitrogen and oxygen atoms in total. The zero-order valence-electron chi connectivity index (χ0n) is 14.6. The predicted octanol–water partition coefficient (Wildman–Crippen LogP) is 1.24. The predicted molar refractivity (Wildman–Crippen MR) is 96.7 cm³/mol. The number of halogens is 3. The minimum Gasteiger partial charge on any atom is -0.420 e. The zero-order chi connectivity index (χ0) is 20.6. The topological polar surface area (TPSA) is 100 Å². The average molecular weight is 414 g/mol. The van der Waals surface area contributed by atoms with Crippen molar-refractivity contribution in [3.8, 4) is 5.75 Å². The van der Waals surface area contributed by atoms with E-state index >= 15 is 0 Å². The molecule has 28 heavy (non-hydrogen) atoms.